The van der Waals surface area contributed by atoms with Crippen LogP contribution < -0.4 is 9.62 Å². The Hall–Kier alpha value is -2.58. The molecular formula is C25H34ClN3O4S. The molecule has 0 aliphatic heterocycles. The fraction of sp³-hybridized carbons (Fsp3) is 0.440. The average molecular weight is 508 g/mol. The van der Waals surface area contributed by atoms with Crippen molar-refractivity contribution in [1.82, 2.24) is 10.2 Å². The summed E-state index contributed by atoms with van der Waals surface area (Å²) in [6.45, 7) is 7.18. The smallest absolute Gasteiger partial charge is 0.244 e. The molecule has 7 nitrogen and oxygen atoms in total. The van der Waals surface area contributed by atoms with Crippen molar-refractivity contribution in [3.8, 4) is 0 Å². The van der Waals surface area contributed by atoms with Crippen LogP contribution in [0.4, 0.5) is 5.69 Å². The van der Waals surface area contributed by atoms with E-state index in [1.165, 1.54) is 4.90 Å². The number of aryl methyl sites for hydroxylation is 1. The van der Waals surface area contributed by atoms with Crippen LogP contribution in [0.1, 0.15) is 45.2 Å². The molecule has 2 amide bonds. The number of hydrogen-bond acceptors (Lipinski definition) is 4. The first-order valence-corrected chi connectivity index (χ1v) is 13.6. The van der Waals surface area contributed by atoms with Crippen LogP contribution in [0.25, 0.3) is 0 Å². The van der Waals surface area contributed by atoms with Gasteiger partial charge in [0, 0.05) is 17.6 Å². The Balaban J connectivity index is 2.37. The lowest BCUT2D eigenvalue weighted by atomic mass is 10.1. The summed E-state index contributed by atoms with van der Waals surface area (Å²) in [4.78, 5) is 27.8. The maximum absolute atomic E-state index is 13.5. The summed E-state index contributed by atoms with van der Waals surface area (Å²) in [5.74, 6) is -0.792. The zero-order chi connectivity index (χ0) is 25.5. The minimum Gasteiger partial charge on any atom is -0.352 e. The second-order valence-electron chi connectivity index (χ2n) is 8.44. The van der Waals surface area contributed by atoms with Gasteiger partial charge in [0.2, 0.25) is 21.8 Å². The Morgan fingerprint density at radius 1 is 1.03 bits per heavy atom. The summed E-state index contributed by atoms with van der Waals surface area (Å²) in [7, 11) is -3.75. The first-order chi connectivity index (χ1) is 16.0. The number of anilines is 1. The van der Waals surface area contributed by atoms with Crippen LogP contribution in [0.3, 0.4) is 0 Å². The SMILES string of the molecule is CCc1ccc(N(CC(=O)N(Cc2cccc(Cl)c2)[C@H](C)C(=O)N[C@H](C)CC)S(C)(=O)=O)cc1. The molecule has 2 aromatic carbocycles. The number of hydrogen-bond donors (Lipinski definition) is 1. The molecule has 2 aromatic rings. The van der Waals surface area contributed by atoms with Gasteiger partial charge in [0.15, 0.2) is 0 Å². The van der Waals surface area contributed by atoms with E-state index in [0.29, 0.717) is 10.7 Å². The van der Waals surface area contributed by atoms with Crippen molar-refractivity contribution in [3.05, 3.63) is 64.7 Å². The van der Waals surface area contributed by atoms with Gasteiger partial charge in [0.05, 0.1) is 11.9 Å². The van der Waals surface area contributed by atoms with E-state index < -0.39 is 28.5 Å². The van der Waals surface area contributed by atoms with Crippen LogP contribution >= 0.6 is 11.6 Å². The lowest BCUT2D eigenvalue weighted by Crippen LogP contribution is -2.52. The first kappa shape index (κ1) is 27.7. The van der Waals surface area contributed by atoms with Crippen LogP contribution in [0, 0.1) is 0 Å². The standard InChI is InChI=1S/C25H34ClN3O4S/c1-6-18(3)27-25(31)19(4)28(16-21-9-8-10-22(26)15-21)24(30)17-29(34(5,32)33)23-13-11-20(7-2)12-14-23/h8-15,18-19H,6-7,16-17H2,1-5H3,(H,27,31)/t18-,19-/m1/s1. The molecule has 0 saturated carbocycles. The van der Waals surface area contributed by atoms with E-state index in [1.54, 1.807) is 37.3 Å². The third-order valence-corrected chi connectivity index (χ3v) is 7.10. The highest BCUT2D eigenvalue weighted by atomic mass is 35.5. The Morgan fingerprint density at radius 2 is 1.68 bits per heavy atom. The molecule has 0 aromatic heterocycles. The van der Waals surface area contributed by atoms with Crippen molar-refractivity contribution >= 4 is 39.1 Å². The molecule has 0 saturated heterocycles. The van der Waals surface area contributed by atoms with Crippen LogP contribution in [-0.2, 0) is 32.6 Å². The average Bonchev–Trinajstić information content (AvgIpc) is 2.79. The molecule has 2 atom stereocenters. The van der Waals surface area contributed by atoms with Gasteiger partial charge in [-0.2, -0.15) is 0 Å². The van der Waals surface area contributed by atoms with Crippen molar-refractivity contribution in [2.45, 2.75) is 59.2 Å². The summed E-state index contributed by atoms with van der Waals surface area (Å²) in [5, 5.41) is 3.41. The van der Waals surface area contributed by atoms with E-state index in [0.717, 1.165) is 34.5 Å². The molecule has 0 radical (unpaired) electrons. The molecule has 9 heteroatoms. The van der Waals surface area contributed by atoms with Crippen molar-refractivity contribution in [2.24, 2.45) is 0 Å². The second kappa shape index (κ2) is 12.2. The predicted octanol–water partition coefficient (Wildman–Crippen LogP) is 4.00. The van der Waals surface area contributed by atoms with E-state index in [2.05, 4.69) is 5.32 Å². The molecule has 34 heavy (non-hydrogen) atoms. The second-order valence-corrected chi connectivity index (χ2v) is 10.8. The number of halogens is 1. The van der Waals surface area contributed by atoms with Gasteiger partial charge < -0.3 is 10.2 Å². The van der Waals surface area contributed by atoms with Crippen molar-refractivity contribution < 1.29 is 18.0 Å². The molecule has 0 aliphatic rings. The van der Waals surface area contributed by atoms with Crippen molar-refractivity contribution in [3.63, 3.8) is 0 Å². The third-order valence-electron chi connectivity index (χ3n) is 5.72. The topological polar surface area (TPSA) is 86.8 Å². The summed E-state index contributed by atoms with van der Waals surface area (Å²) in [6, 6.07) is 13.2. The summed E-state index contributed by atoms with van der Waals surface area (Å²) in [5.41, 5.74) is 2.19. The Bertz CT molecular complexity index is 1090. The zero-order valence-corrected chi connectivity index (χ0v) is 22.0. The normalized spacial score (nSPS) is 13.1. The molecule has 0 aliphatic carbocycles. The minimum atomic E-state index is -3.75. The zero-order valence-electron chi connectivity index (χ0n) is 20.4. The van der Waals surface area contributed by atoms with Gasteiger partial charge in [0.25, 0.3) is 0 Å². The lowest BCUT2D eigenvalue weighted by molar-refractivity contribution is -0.139. The number of sulfonamides is 1. The number of carbonyl (C=O) groups is 2. The van der Waals surface area contributed by atoms with Crippen LogP contribution in [0.2, 0.25) is 5.02 Å². The fourth-order valence-electron chi connectivity index (χ4n) is 3.39. The third kappa shape index (κ3) is 7.74. The largest absolute Gasteiger partial charge is 0.352 e. The number of nitrogens with one attached hydrogen (secondary N) is 1. The molecule has 0 spiro atoms. The van der Waals surface area contributed by atoms with E-state index in [1.807, 2.05) is 39.0 Å². The highest BCUT2D eigenvalue weighted by Gasteiger charge is 2.30. The Kier molecular flexibility index (Phi) is 9.94. The number of nitrogens with zero attached hydrogens (tertiary/aromatic N) is 2. The summed E-state index contributed by atoms with van der Waals surface area (Å²) < 4.78 is 26.3. The highest BCUT2D eigenvalue weighted by Crippen LogP contribution is 2.21. The lowest BCUT2D eigenvalue weighted by Gasteiger charge is -2.32. The van der Waals surface area contributed by atoms with Crippen LogP contribution in [0.15, 0.2) is 48.5 Å². The van der Waals surface area contributed by atoms with Gasteiger partial charge in [-0.1, -0.05) is 49.7 Å². The summed E-state index contributed by atoms with van der Waals surface area (Å²) >= 11 is 6.12. The Labute approximate surface area is 208 Å². The molecular weight excluding hydrogens is 474 g/mol. The quantitative estimate of drug-likeness (QED) is 0.498. The van der Waals surface area contributed by atoms with Crippen LogP contribution in [-0.4, -0.2) is 50.0 Å². The van der Waals surface area contributed by atoms with Gasteiger partial charge >= 0.3 is 0 Å². The van der Waals surface area contributed by atoms with Crippen molar-refractivity contribution in [1.29, 1.82) is 0 Å². The predicted molar refractivity (Wildman–Crippen MR) is 137 cm³/mol. The number of benzene rings is 2. The molecule has 0 unspecified atom stereocenters. The summed E-state index contributed by atoms with van der Waals surface area (Å²) in [6.07, 6.45) is 2.62. The number of amides is 2. The molecule has 1 N–H and O–H groups in total. The fourth-order valence-corrected chi connectivity index (χ4v) is 4.45. The molecule has 186 valence electrons. The molecule has 0 bridgehead atoms. The van der Waals surface area contributed by atoms with E-state index in [9.17, 15) is 18.0 Å². The van der Waals surface area contributed by atoms with E-state index >= 15 is 0 Å². The van der Waals surface area contributed by atoms with Gasteiger partial charge in [-0.05, 0) is 62.1 Å². The molecule has 0 heterocycles. The van der Waals surface area contributed by atoms with Gasteiger partial charge in [-0.25, -0.2) is 8.42 Å². The highest BCUT2D eigenvalue weighted by molar-refractivity contribution is 7.92. The van der Waals surface area contributed by atoms with E-state index in [4.69, 9.17) is 11.6 Å². The molecule has 2 rings (SSSR count). The Morgan fingerprint density at radius 3 is 2.21 bits per heavy atom. The van der Waals surface area contributed by atoms with Gasteiger partial charge in [-0.15, -0.1) is 0 Å². The van der Waals surface area contributed by atoms with Gasteiger partial charge in [-0.3, -0.25) is 13.9 Å². The number of rotatable bonds is 11. The van der Waals surface area contributed by atoms with Crippen LogP contribution in [0.5, 0.6) is 0 Å². The maximum Gasteiger partial charge on any atom is 0.244 e. The van der Waals surface area contributed by atoms with Gasteiger partial charge in [0.1, 0.15) is 12.6 Å². The first-order valence-electron chi connectivity index (χ1n) is 11.4. The minimum absolute atomic E-state index is 0.0531. The number of carbonyl (C=O) groups excluding carboxylic acids is 2. The monoisotopic (exact) mass is 507 g/mol. The maximum atomic E-state index is 13.5. The van der Waals surface area contributed by atoms with E-state index in [-0.39, 0.29) is 18.5 Å². The van der Waals surface area contributed by atoms with Crippen molar-refractivity contribution in [2.75, 3.05) is 17.1 Å². The molecule has 0 fully saturated rings.